The Morgan fingerprint density at radius 3 is 2.78 bits per heavy atom. The number of rotatable bonds is 5. The quantitative estimate of drug-likeness (QED) is 0.363. The molecule has 0 saturated heterocycles. The van der Waals surface area contributed by atoms with Crippen LogP contribution in [0.5, 0.6) is 5.75 Å². The molecule has 0 aromatic heterocycles. The minimum atomic E-state index is -0.472. The van der Waals surface area contributed by atoms with Crippen LogP contribution in [0, 0.1) is 0 Å². The molecule has 0 saturated carbocycles. The summed E-state index contributed by atoms with van der Waals surface area (Å²) in [4.78, 5) is 22.1. The Kier molecular flexibility index (Phi) is 5.58. The van der Waals surface area contributed by atoms with Crippen LogP contribution in [0.15, 0.2) is 34.5 Å². The van der Waals surface area contributed by atoms with E-state index in [9.17, 15) is 9.59 Å². The second-order valence-electron chi connectivity index (χ2n) is 3.41. The third-order valence-electron chi connectivity index (χ3n) is 1.98. The van der Waals surface area contributed by atoms with Gasteiger partial charge in [-0.2, -0.15) is 0 Å². The van der Waals surface area contributed by atoms with Gasteiger partial charge in [0.1, 0.15) is 11.5 Å². The lowest BCUT2D eigenvalue weighted by molar-refractivity contribution is -0.137. The van der Waals surface area contributed by atoms with E-state index >= 15 is 0 Å². The fourth-order valence-electron chi connectivity index (χ4n) is 1.26. The summed E-state index contributed by atoms with van der Waals surface area (Å²) in [5, 5.41) is 0. The molecule has 0 amide bonds. The summed E-state index contributed by atoms with van der Waals surface area (Å²) in [6.07, 6.45) is 1.93. The number of carbonyl (C=O) groups excluding carboxylic acids is 2. The van der Waals surface area contributed by atoms with Gasteiger partial charge in [0.05, 0.1) is 18.2 Å². The number of allylic oxidation sites excluding steroid dienone is 1. The predicted octanol–water partition coefficient (Wildman–Crippen LogP) is 3.11. The van der Waals surface area contributed by atoms with Crippen molar-refractivity contribution < 1.29 is 19.1 Å². The van der Waals surface area contributed by atoms with Gasteiger partial charge in [-0.05, 0) is 32.0 Å². The van der Waals surface area contributed by atoms with Crippen LogP contribution in [-0.4, -0.2) is 18.9 Å². The number of esters is 1. The van der Waals surface area contributed by atoms with Crippen LogP contribution in [0.4, 0.5) is 0 Å². The van der Waals surface area contributed by atoms with Crippen molar-refractivity contribution in [1.82, 2.24) is 0 Å². The predicted molar refractivity (Wildman–Crippen MR) is 70.5 cm³/mol. The average molecular weight is 313 g/mol. The highest BCUT2D eigenvalue weighted by atomic mass is 79.9. The van der Waals surface area contributed by atoms with Gasteiger partial charge in [-0.25, -0.2) is 4.79 Å². The van der Waals surface area contributed by atoms with E-state index < -0.39 is 5.97 Å². The Labute approximate surface area is 114 Å². The van der Waals surface area contributed by atoms with Gasteiger partial charge in [-0.3, -0.25) is 4.79 Å². The minimum Gasteiger partial charge on any atom is -0.463 e. The molecule has 0 unspecified atom stereocenters. The van der Waals surface area contributed by atoms with Gasteiger partial charge in [0.15, 0.2) is 6.29 Å². The van der Waals surface area contributed by atoms with Crippen molar-refractivity contribution >= 4 is 28.2 Å². The highest BCUT2D eigenvalue weighted by Crippen LogP contribution is 2.23. The van der Waals surface area contributed by atoms with Crippen molar-refractivity contribution in [2.24, 2.45) is 0 Å². The first-order valence-corrected chi connectivity index (χ1v) is 6.13. The number of hydrogen-bond acceptors (Lipinski definition) is 4. The highest BCUT2D eigenvalue weighted by molar-refractivity contribution is 9.10. The molecular weight excluding hydrogens is 300 g/mol. The van der Waals surface area contributed by atoms with Gasteiger partial charge in [0, 0.05) is 4.47 Å². The molecule has 96 valence electrons. The Bertz CT molecular complexity index is 480. The summed E-state index contributed by atoms with van der Waals surface area (Å²) < 4.78 is 11.0. The second-order valence-corrected chi connectivity index (χ2v) is 4.32. The first-order chi connectivity index (χ1) is 8.56. The largest absolute Gasteiger partial charge is 0.463 e. The standard InChI is InChI=1S/C13H13BrO4/c1-3-17-13(16)6-9(2)18-12-5-4-11(14)7-10(12)8-15/h4-8H,3H2,1-2H3/b9-6+. The maximum absolute atomic E-state index is 11.2. The number of carbonyl (C=O) groups is 2. The maximum atomic E-state index is 11.2. The van der Waals surface area contributed by atoms with Crippen LogP contribution in [0.2, 0.25) is 0 Å². The topological polar surface area (TPSA) is 52.6 Å². The van der Waals surface area contributed by atoms with Gasteiger partial charge in [0.25, 0.3) is 0 Å². The SMILES string of the molecule is CCOC(=O)/C=C(\C)Oc1ccc(Br)cc1C=O. The van der Waals surface area contributed by atoms with Crippen LogP contribution >= 0.6 is 15.9 Å². The van der Waals surface area contributed by atoms with Crippen LogP contribution in [0.25, 0.3) is 0 Å². The van der Waals surface area contributed by atoms with Gasteiger partial charge in [0.2, 0.25) is 0 Å². The first kappa shape index (κ1) is 14.4. The number of aldehydes is 1. The maximum Gasteiger partial charge on any atom is 0.334 e. The monoisotopic (exact) mass is 312 g/mol. The molecule has 1 rings (SSSR count). The molecule has 0 N–H and O–H groups in total. The van der Waals surface area contributed by atoms with Crippen molar-refractivity contribution in [1.29, 1.82) is 0 Å². The molecule has 0 bridgehead atoms. The van der Waals surface area contributed by atoms with E-state index in [0.717, 1.165) is 4.47 Å². The zero-order valence-corrected chi connectivity index (χ0v) is 11.7. The highest BCUT2D eigenvalue weighted by Gasteiger charge is 2.06. The van der Waals surface area contributed by atoms with Crippen molar-refractivity contribution in [3.63, 3.8) is 0 Å². The van der Waals surface area contributed by atoms with E-state index in [1.807, 2.05) is 0 Å². The lowest BCUT2D eigenvalue weighted by atomic mass is 10.2. The van der Waals surface area contributed by atoms with Crippen molar-refractivity contribution in [2.45, 2.75) is 13.8 Å². The molecule has 0 radical (unpaired) electrons. The van der Waals surface area contributed by atoms with Gasteiger partial charge in [-0.15, -0.1) is 0 Å². The molecule has 0 aliphatic carbocycles. The summed E-state index contributed by atoms with van der Waals surface area (Å²) in [7, 11) is 0. The van der Waals surface area contributed by atoms with E-state index in [2.05, 4.69) is 15.9 Å². The molecule has 0 aliphatic heterocycles. The molecule has 0 spiro atoms. The van der Waals surface area contributed by atoms with Crippen molar-refractivity contribution in [2.75, 3.05) is 6.61 Å². The molecule has 0 aliphatic rings. The fraction of sp³-hybridized carbons (Fsp3) is 0.231. The minimum absolute atomic E-state index is 0.306. The lowest BCUT2D eigenvalue weighted by Crippen LogP contribution is -2.03. The van der Waals surface area contributed by atoms with E-state index in [0.29, 0.717) is 30.0 Å². The molecule has 1 aromatic carbocycles. The molecule has 0 atom stereocenters. The first-order valence-electron chi connectivity index (χ1n) is 5.34. The zero-order valence-electron chi connectivity index (χ0n) is 10.1. The fourth-order valence-corrected chi connectivity index (χ4v) is 1.64. The second kappa shape index (κ2) is 6.96. The Morgan fingerprint density at radius 1 is 1.44 bits per heavy atom. The lowest BCUT2D eigenvalue weighted by Gasteiger charge is -2.08. The smallest absolute Gasteiger partial charge is 0.334 e. The summed E-state index contributed by atoms with van der Waals surface area (Å²) >= 11 is 3.26. The third kappa shape index (κ3) is 4.33. The Balaban J connectivity index is 2.84. The molecule has 4 nitrogen and oxygen atoms in total. The van der Waals surface area contributed by atoms with Crippen molar-refractivity contribution in [3.8, 4) is 5.75 Å². The normalized spacial score (nSPS) is 10.9. The Hall–Kier alpha value is -1.62. The molecule has 0 heterocycles. The van der Waals surface area contributed by atoms with Gasteiger partial charge < -0.3 is 9.47 Å². The summed E-state index contributed by atoms with van der Waals surface area (Å²) in [5.41, 5.74) is 0.404. The number of hydrogen-bond donors (Lipinski definition) is 0. The zero-order chi connectivity index (χ0) is 13.5. The molecule has 0 fully saturated rings. The number of benzene rings is 1. The molecule has 5 heteroatoms. The summed E-state index contributed by atoms with van der Waals surface area (Å²) in [6.45, 7) is 3.65. The van der Waals surface area contributed by atoms with Crippen LogP contribution < -0.4 is 4.74 Å². The summed E-state index contributed by atoms with van der Waals surface area (Å²) in [5.74, 6) is 0.282. The van der Waals surface area contributed by atoms with E-state index in [-0.39, 0.29) is 0 Å². The Morgan fingerprint density at radius 2 is 2.17 bits per heavy atom. The van der Waals surface area contributed by atoms with E-state index in [4.69, 9.17) is 9.47 Å². The van der Waals surface area contributed by atoms with Crippen molar-refractivity contribution in [3.05, 3.63) is 40.1 Å². The molecule has 18 heavy (non-hydrogen) atoms. The average Bonchev–Trinajstić information content (AvgIpc) is 2.31. The van der Waals surface area contributed by atoms with Crippen LogP contribution in [0.1, 0.15) is 24.2 Å². The van der Waals surface area contributed by atoms with Crippen LogP contribution in [0.3, 0.4) is 0 Å². The number of halogens is 1. The molecule has 1 aromatic rings. The van der Waals surface area contributed by atoms with Gasteiger partial charge in [-0.1, -0.05) is 15.9 Å². The third-order valence-corrected chi connectivity index (χ3v) is 2.47. The van der Waals surface area contributed by atoms with E-state index in [1.165, 1.54) is 6.08 Å². The summed E-state index contributed by atoms with van der Waals surface area (Å²) in [6, 6.07) is 5.04. The van der Waals surface area contributed by atoms with E-state index in [1.54, 1.807) is 32.0 Å². The number of ether oxygens (including phenoxy) is 2. The van der Waals surface area contributed by atoms with Crippen LogP contribution in [-0.2, 0) is 9.53 Å². The van der Waals surface area contributed by atoms with Gasteiger partial charge >= 0.3 is 5.97 Å². The molecular formula is C13H13BrO4.